The van der Waals surface area contributed by atoms with Gasteiger partial charge in [0.25, 0.3) is 5.91 Å². The van der Waals surface area contributed by atoms with Crippen molar-refractivity contribution in [3.63, 3.8) is 0 Å². The molecule has 2 heterocycles. The fraction of sp³-hybridized carbons (Fsp3) is 0.333. The zero-order valence-corrected chi connectivity index (χ0v) is 17.4. The minimum Gasteiger partial charge on any atom is -0.488 e. The molecule has 1 amide bonds. The standard InChI is InChI=1S/C21H25N3O3S/c1-14-17(15(2)27-23-14)13-26-19-9-6-5-8-16(19)21(25)22-12-18(24(3)4)20-10-7-11-28-20/h5-11,18H,12-13H2,1-4H3,(H,22,25). The number of carbonyl (C=O) groups excluding carboxylic acids is 1. The molecular formula is C21H25N3O3S. The van der Waals surface area contributed by atoms with Gasteiger partial charge in [0.1, 0.15) is 18.1 Å². The van der Waals surface area contributed by atoms with Crippen LogP contribution in [0.15, 0.2) is 46.3 Å². The molecule has 1 aromatic carbocycles. The van der Waals surface area contributed by atoms with Gasteiger partial charge in [-0.25, -0.2) is 0 Å². The lowest BCUT2D eigenvalue weighted by Crippen LogP contribution is -2.34. The van der Waals surface area contributed by atoms with Gasteiger partial charge in [-0.1, -0.05) is 23.4 Å². The molecule has 0 saturated heterocycles. The Bertz CT molecular complexity index is 899. The maximum absolute atomic E-state index is 12.8. The molecular weight excluding hydrogens is 374 g/mol. The Morgan fingerprint density at radius 3 is 2.68 bits per heavy atom. The first-order valence-corrected chi connectivity index (χ1v) is 9.97. The molecule has 0 radical (unpaired) electrons. The maximum atomic E-state index is 12.8. The van der Waals surface area contributed by atoms with Crippen LogP contribution in [0.25, 0.3) is 0 Å². The molecule has 1 N–H and O–H groups in total. The summed E-state index contributed by atoms with van der Waals surface area (Å²) >= 11 is 1.69. The second-order valence-corrected chi connectivity index (χ2v) is 7.77. The average molecular weight is 400 g/mol. The van der Waals surface area contributed by atoms with Crippen LogP contribution in [-0.4, -0.2) is 36.6 Å². The van der Waals surface area contributed by atoms with Crippen LogP contribution in [0.1, 0.15) is 38.3 Å². The minimum atomic E-state index is -0.155. The van der Waals surface area contributed by atoms with E-state index in [1.54, 1.807) is 23.5 Å². The van der Waals surface area contributed by atoms with Crippen molar-refractivity contribution < 1.29 is 14.1 Å². The highest BCUT2D eigenvalue weighted by Gasteiger charge is 2.19. The molecule has 0 aliphatic rings. The number of carbonyl (C=O) groups is 1. The molecule has 2 aromatic heterocycles. The third kappa shape index (κ3) is 4.61. The first kappa shape index (κ1) is 20.1. The molecule has 3 aromatic rings. The summed E-state index contributed by atoms with van der Waals surface area (Å²) in [6.45, 7) is 4.55. The number of ether oxygens (including phenoxy) is 1. The summed E-state index contributed by atoms with van der Waals surface area (Å²) in [5.41, 5.74) is 2.21. The van der Waals surface area contributed by atoms with E-state index in [1.807, 2.05) is 51.5 Å². The summed E-state index contributed by atoms with van der Waals surface area (Å²) in [5, 5.41) is 9.03. The Morgan fingerprint density at radius 1 is 1.25 bits per heavy atom. The molecule has 0 bridgehead atoms. The predicted octanol–water partition coefficient (Wildman–Crippen LogP) is 3.96. The van der Waals surface area contributed by atoms with Crippen LogP contribution in [0.2, 0.25) is 0 Å². The molecule has 1 atom stereocenters. The van der Waals surface area contributed by atoms with E-state index >= 15 is 0 Å². The Morgan fingerprint density at radius 2 is 2.04 bits per heavy atom. The molecule has 3 rings (SSSR count). The van der Waals surface area contributed by atoms with Gasteiger partial charge in [0, 0.05) is 11.4 Å². The van der Waals surface area contributed by atoms with E-state index in [-0.39, 0.29) is 11.9 Å². The van der Waals surface area contributed by atoms with Gasteiger partial charge >= 0.3 is 0 Å². The summed E-state index contributed by atoms with van der Waals surface area (Å²) in [6, 6.07) is 11.5. The third-order valence-corrected chi connectivity index (χ3v) is 5.61. The fourth-order valence-corrected chi connectivity index (χ4v) is 3.86. The first-order chi connectivity index (χ1) is 13.5. The van der Waals surface area contributed by atoms with Crippen molar-refractivity contribution in [1.82, 2.24) is 15.4 Å². The normalized spacial score (nSPS) is 12.2. The van der Waals surface area contributed by atoms with Gasteiger partial charge in [-0.15, -0.1) is 11.3 Å². The van der Waals surface area contributed by atoms with Gasteiger partial charge in [-0.3, -0.25) is 4.79 Å². The topological polar surface area (TPSA) is 67.6 Å². The van der Waals surface area contributed by atoms with Crippen molar-refractivity contribution >= 4 is 17.2 Å². The number of amides is 1. The number of hydrogen-bond donors (Lipinski definition) is 1. The monoisotopic (exact) mass is 399 g/mol. The molecule has 0 spiro atoms. The van der Waals surface area contributed by atoms with Crippen LogP contribution >= 0.6 is 11.3 Å². The van der Waals surface area contributed by atoms with E-state index < -0.39 is 0 Å². The number of nitrogens with zero attached hydrogens (tertiary/aromatic N) is 2. The number of nitrogens with one attached hydrogen (secondary N) is 1. The van der Waals surface area contributed by atoms with Crippen molar-refractivity contribution in [2.24, 2.45) is 0 Å². The fourth-order valence-electron chi connectivity index (χ4n) is 2.94. The molecule has 0 aliphatic carbocycles. The van der Waals surface area contributed by atoms with Crippen molar-refractivity contribution in [2.45, 2.75) is 26.5 Å². The van der Waals surface area contributed by atoms with Gasteiger partial charge in [-0.2, -0.15) is 0 Å². The largest absolute Gasteiger partial charge is 0.488 e. The Hall–Kier alpha value is -2.64. The van der Waals surface area contributed by atoms with E-state index in [2.05, 4.69) is 21.4 Å². The predicted molar refractivity (Wildman–Crippen MR) is 110 cm³/mol. The van der Waals surface area contributed by atoms with Crippen molar-refractivity contribution in [3.05, 3.63) is 69.2 Å². The summed E-state index contributed by atoms with van der Waals surface area (Å²) in [6.07, 6.45) is 0. The van der Waals surface area contributed by atoms with E-state index in [4.69, 9.17) is 9.26 Å². The number of likely N-dealkylation sites (N-methyl/N-ethyl adjacent to an activating group) is 1. The number of hydrogen-bond acceptors (Lipinski definition) is 6. The summed E-state index contributed by atoms with van der Waals surface area (Å²) in [7, 11) is 4.02. The maximum Gasteiger partial charge on any atom is 0.255 e. The lowest BCUT2D eigenvalue weighted by Gasteiger charge is -2.23. The highest BCUT2D eigenvalue weighted by Crippen LogP contribution is 2.24. The molecule has 0 fully saturated rings. The highest BCUT2D eigenvalue weighted by atomic mass is 32.1. The van der Waals surface area contributed by atoms with E-state index in [9.17, 15) is 4.79 Å². The van der Waals surface area contributed by atoms with Crippen LogP contribution in [0.5, 0.6) is 5.75 Å². The first-order valence-electron chi connectivity index (χ1n) is 9.09. The molecule has 7 heteroatoms. The Labute approximate surface area is 169 Å². The number of rotatable bonds is 8. The smallest absolute Gasteiger partial charge is 0.255 e. The number of thiophene rings is 1. The van der Waals surface area contributed by atoms with E-state index in [1.165, 1.54) is 4.88 Å². The summed E-state index contributed by atoms with van der Waals surface area (Å²) in [4.78, 5) is 16.1. The van der Waals surface area contributed by atoms with Crippen LogP contribution < -0.4 is 10.1 Å². The summed E-state index contributed by atoms with van der Waals surface area (Å²) < 4.78 is 11.1. The molecule has 1 unspecified atom stereocenters. The quantitative estimate of drug-likeness (QED) is 0.621. The Balaban J connectivity index is 1.68. The Kier molecular flexibility index (Phi) is 6.49. The van der Waals surface area contributed by atoms with Crippen LogP contribution in [0, 0.1) is 13.8 Å². The SMILES string of the molecule is Cc1noc(C)c1COc1ccccc1C(=O)NCC(c1cccs1)N(C)C. The second-order valence-electron chi connectivity index (χ2n) is 6.79. The van der Waals surface area contributed by atoms with Gasteiger partial charge < -0.3 is 19.5 Å². The lowest BCUT2D eigenvalue weighted by atomic mass is 10.1. The number of para-hydroxylation sites is 1. The molecule has 0 aliphatic heterocycles. The van der Waals surface area contributed by atoms with Gasteiger partial charge in [0.2, 0.25) is 0 Å². The number of aryl methyl sites for hydroxylation is 2. The number of benzene rings is 1. The van der Waals surface area contributed by atoms with Crippen LogP contribution in [0.4, 0.5) is 0 Å². The lowest BCUT2D eigenvalue weighted by molar-refractivity contribution is 0.0937. The van der Waals surface area contributed by atoms with Crippen molar-refractivity contribution in [1.29, 1.82) is 0 Å². The van der Waals surface area contributed by atoms with Crippen LogP contribution in [0.3, 0.4) is 0 Å². The second kappa shape index (κ2) is 9.03. The minimum absolute atomic E-state index is 0.124. The van der Waals surface area contributed by atoms with Gasteiger partial charge in [-0.05, 0) is 51.5 Å². The van der Waals surface area contributed by atoms with Gasteiger partial charge in [0.15, 0.2) is 0 Å². The molecule has 6 nitrogen and oxygen atoms in total. The van der Waals surface area contributed by atoms with Gasteiger partial charge in [0.05, 0.1) is 22.9 Å². The molecule has 0 saturated carbocycles. The third-order valence-electron chi connectivity index (χ3n) is 4.64. The molecule has 28 heavy (non-hydrogen) atoms. The number of aromatic nitrogens is 1. The van der Waals surface area contributed by atoms with E-state index in [0.717, 1.165) is 17.0 Å². The van der Waals surface area contributed by atoms with Crippen molar-refractivity contribution in [3.8, 4) is 5.75 Å². The van der Waals surface area contributed by atoms with Crippen LogP contribution in [-0.2, 0) is 6.61 Å². The molecule has 148 valence electrons. The highest BCUT2D eigenvalue weighted by molar-refractivity contribution is 7.10. The zero-order chi connectivity index (χ0) is 20.1. The summed E-state index contributed by atoms with van der Waals surface area (Å²) in [5.74, 6) is 1.11. The van der Waals surface area contributed by atoms with Crippen molar-refractivity contribution in [2.75, 3.05) is 20.6 Å². The average Bonchev–Trinajstić information content (AvgIpc) is 3.31. The van der Waals surface area contributed by atoms with E-state index in [0.29, 0.717) is 24.5 Å². The zero-order valence-electron chi connectivity index (χ0n) is 16.6.